The minimum atomic E-state index is -0.444. The van der Waals surface area contributed by atoms with Gasteiger partial charge in [0.2, 0.25) is 0 Å². The van der Waals surface area contributed by atoms with Gasteiger partial charge < -0.3 is 14.6 Å². The number of nitrogens with one attached hydrogen (secondary N) is 1. The largest absolute Gasteiger partial charge is 0.468 e. The lowest BCUT2D eigenvalue weighted by Crippen LogP contribution is -2.27. The van der Waals surface area contributed by atoms with Crippen LogP contribution in [0.4, 0.5) is 0 Å². The summed E-state index contributed by atoms with van der Waals surface area (Å²) in [5.74, 6) is 1.14. The summed E-state index contributed by atoms with van der Waals surface area (Å²) in [6.45, 7) is 2.02. The van der Waals surface area contributed by atoms with Gasteiger partial charge in [-0.3, -0.25) is 4.79 Å². The Morgan fingerprint density at radius 1 is 1.29 bits per heavy atom. The van der Waals surface area contributed by atoms with E-state index in [1.54, 1.807) is 0 Å². The van der Waals surface area contributed by atoms with Crippen molar-refractivity contribution >= 4 is 17.7 Å². The number of esters is 1. The highest BCUT2D eigenvalue weighted by Gasteiger charge is 2.27. The van der Waals surface area contributed by atoms with E-state index in [4.69, 9.17) is 4.74 Å². The third kappa shape index (κ3) is 3.62. The van der Waals surface area contributed by atoms with Gasteiger partial charge in [-0.15, -0.1) is 10.2 Å². The van der Waals surface area contributed by atoms with Crippen LogP contribution in [-0.4, -0.2) is 40.9 Å². The molecule has 1 saturated heterocycles. The second kappa shape index (κ2) is 7.81. The Hall–Kier alpha value is -1.86. The van der Waals surface area contributed by atoms with Crippen LogP contribution >= 0.6 is 11.8 Å². The molecule has 1 aliphatic rings. The summed E-state index contributed by atoms with van der Waals surface area (Å²) < 4.78 is 6.99. The molecule has 0 spiro atoms. The molecule has 1 N–H and O–H groups in total. The van der Waals surface area contributed by atoms with Crippen LogP contribution in [-0.2, 0) is 16.6 Å². The van der Waals surface area contributed by atoms with Gasteiger partial charge in [0, 0.05) is 13.0 Å². The summed E-state index contributed by atoms with van der Waals surface area (Å²) in [6.07, 6.45) is 2.13. The molecule has 0 amide bonds. The van der Waals surface area contributed by atoms with Crippen LogP contribution in [0, 0.1) is 0 Å². The zero-order valence-corrected chi connectivity index (χ0v) is 14.8. The number of aromatic nitrogens is 3. The first kappa shape index (κ1) is 17.0. The van der Waals surface area contributed by atoms with Gasteiger partial charge in [-0.25, -0.2) is 0 Å². The highest BCUT2D eigenvalue weighted by molar-refractivity contribution is 8.00. The van der Waals surface area contributed by atoms with Gasteiger partial charge in [0.15, 0.2) is 5.16 Å². The third-order valence-electron chi connectivity index (χ3n) is 4.31. The normalized spacial score (nSPS) is 16.8. The average Bonchev–Trinajstić information content (AvgIpc) is 3.01. The van der Waals surface area contributed by atoms with Gasteiger partial charge in [0.05, 0.1) is 7.11 Å². The Labute approximate surface area is 146 Å². The maximum absolute atomic E-state index is 12.2. The number of nitrogens with zero attached hydrogens (tertiary/aromatic N) is 3. The van der Waals surface area contributed by atoms with Crippen molar-refractivity contribution < 1.29 is 9.53 Å². The van der Waals surface area contributed by atoms with Crippen LogP contribution in [0.2, 0.25) is 0 Å². The molecular formula is C17H22N4O2S. The van der Waals surface area contributed by atoms with Crippen LogP contribution in [0.3, 0.4) is 0 Å². The summed E-state index contributed by atoms with van der Waals surface area (Å²) >= 11 is 1.39. The number of rotatable bonds is 5. The van der Waals surface area contributed by atoms with Gasteiger partial charge in [-0.1, -0.05) is 42.1 Å². The average molecular weight is 346 g/mol. The molecule has 1 aliphatic heterocycles. The van der Waals surface area contributed by atoms with E-state index in [-0.39, 0.29) is 5.97 Å². The van der Waals surface area contributed by atoms with Crippen LogP contribution < -0.4 is 5.32 Å². The number of carbonyl (C=O) groups excluding carboxylic acids is 1. The number of benzene rings is 1. The van der Waals surface area contributed by atoms with Crippen LogP contribution in [0.5, 0.6) is 0 Å². The van der Waals surface area contributed by atoms with E-state index in [1.807, 2.05) is 41.9 Å². The van der Waals surface area contributed by atoms with Crippen molar-refractivity contribution in [1.29, 1.82) is 0 Å². The highest BCUT2D eigenvalue weighted by Crippen LogP contribution is 2.36. The molecule has 0 unspecified atom stereocenters. The Balaban J connectivity index is 1.82. The Bertz CT molecular complexity index is 683. The Kier molecular flexibility index (Phi) is 5.52. The fourth-order valence-electron chi connectivity index (χ4n) is 2.96. The molecule has 1 aromatic carbocycles. The SMILES string of the molecule is COC(=O)[C@@H](Sc1nnc(C2CCNCC2)n1C)c1ccccc1. The lowest BCUT2D eigenvalue weighted by molar-refractivity contribution is -0.140. The van der Waals surface area contributed by atoms with E-state index in [9.17, 15) is 4.79 Å². The number of piperidine rings is 1. The molecule has 7 heteroatoms. The molecule has 1 atom stereocenters. The zero-order chi connectivity index (χ0) is 16.9. The number of thioether (sulfide) groups is 1. The standard InChI is InChI=1S/C17H22N4O2S/c1-21-15(13-8-10-18-11-9-13)19-20-17(21)24-14(16(22)23-2)12-6-4-3-5-7-12/h3-7,13-14,18H,8-11H2,1-2H3/t14-/m0/s1. The van der Waals surface area contributed by atoms with E-state index < -0.39 is 5.25 Å². The van der Waals surface area contributed by atoms with E-state index >= 15 is 0 Å². The molecule has 128 valence electrons. The summed E-state index contributed by atoms with van der Waals surface area (Å²) in [7, 11) is 3.38. The summed E-state index contributed by atoms with van der Waals surface area (Å²) in [5.41, 5.74) is 0.903. The van der Waals surface area contributed by atoms with Crippen LogP contribution in [0.15, 0.2) is 35.5 Å². The number of methoxy groups -OCH3 is 1. The number of hydrogen-bond donors (Lipinski definition) is 1. The third-order valence-corrected chi connectivity index (χ3v) is 5.58. The van der Waals surface area contributed by atoms with Gasteiger partial charge >= 0.3 is 5.97 Å². The maximum atomic E-state index is 12.2. The summed E-state index contributed by atoms with van der Waals surface area (Å²) in [5, 5.41) is 12.4. The molecule has 0 bridgehead atoms. The number of ether oxygens (including phenoxy) is 1. The van der Waals surface area contributed by atoms with Crippen molar-refractivity contribution in [2.24, 2.45) is 7.05 Å². The number of hydrogen-bond acceptors (Lipinski definition) is 6. The second-order valence-corrected chi connectivity index (χ2v) is 6.93. The Morgan fingerprint density at radius 2 is 2.00 bits per heavy atom. The summed E-state index contributed by atoms with van der Waals surface area (Å²) in [4.78, 5) is 12.2. The van der Waals surface area contributed by atoms with Crippen molar-refractivity contribution in [2.75, 3.05) is 20.2 Å². The van der Waals surface area contributed by atoms with Crippen molar-refractivity contribution in [3.05, 3.63) is 41.7 Å². The molecule has 24 heavy (non-hydrogen) atoms. The lowest BCUT2D eigenvalue weighted by Gasteiger charge is -2.21. The second-order valence-electron chi connectivity index (χ2n) is 5.86. The van der Waals surface area contributed by atoms with E-state index in [2.05, 4.69) is 15.5 Å². The first-order chi connectivity index (χ1) is 11.7. The molecular weight excluding hydrogens is 324 g/mol. The molecule has 1 fully saturated rings. The van der Waals surface area contributed by atoms with Gasteiger partial charge in [0.25, 0.3) is 0 Å². The number of carbonyl (C=O) groups is 1. The smallest absolute Gasteiger partial charge is 0.323 e. The molecule has 1 aromatic heterocycles. The van der Waals surface area contributed by atoms with Crippen molar-refractivity contribution in [2.45, 2.75) is 29.2 Å². The van der Waals surface area contributed by atoms with Crippen LogP contribution in [0.1, 0.15) is 35.4 Å². The molecule has 0 aliphatic carbocycles. The Morgan fingerprint density at radius 3 is 2.67 bits per heavy atom. The van der Waals surface area contributed by atoms with Gasteiger partial charge in [-0.2, -0.15) is 0 Å². The van der Waals surface area contributed by atoms with E-state index in [1.165, 1.54) is 18.9 Å². The topological polar surface area (TPSA) is 69.0 Å². The first-order valence-corrected chi connectivity index (χ1v) is 8.98. The van der Waals surface area contributed by atoms with Crippen LogP contribution in [0.25, 0.3) is 0 Å². The zero-order valence-electron chi connectivity index (χ0n) is 13.9. The molecule has 2 aromatic rings. The fourth-order valence-corrected chi connectivity index (χ4v) is 3.99. The molecule has 2 heterocycles. The van der Waals surface area contributed by atoms with Crippen molar-refractivity contribution in [3.8, 4) is 0 Å². The fraction of sp³-hybridized carbons (Fsp3) is 0.471. The van der Waals surface area contributed by atoms with E-state index in [0.29, 0.717) is 5.92 Å². The predicted octanol–water partition coefficient (Wildman–Crippen LogP) is 2.29. The molecule has 3 rings (SSSR count). The van der Waals surface area contributed by atoms with E-state index in [0.717, 1.165) is 42.5 Å². The first-order valence-electron chi connectivity index (χ1n) is 8.10. The monoisotopic (exact) mass is 346 g/mol. The van der Waals surface area contributed by atoms with Gasteiger partial charge in [-0.05, 0) is 31.5 Å². The minimum absolute atomic E-state index is 0.280. The van der Waals surface area contributed by atoms with Crippen molar-refractivity contribution in [3.63, 3.8) is 0 Å². The highest BCUT2D eigenvalue weighted by atomic mass is 32.2. The summed E-state index contributed by atoms with van der Waals surface area (Å²) in [6, 6.07) is 9.63. The molecule has 0 radical (unpaired) electrons. The quantitative estimate of drug-likeness (QED) is 0.662. The lowest BCUT2D eigenvalue weighted by atomic mass is 9.97. The maximum Gasteiger partial charge on any atom is 0.323 e. The molecule has 0 saturated carbocycles. The molecule has 6 nitrogen and oxygen atoms in total. The minimum Gasteiger partial charge on any atom is -0.468 e. The van der Waals surface area contributed by atoms with Crippen molar-refractivity contribution in [1.82, 2.24) is 20.1 Å². The van der Waals surface area contributed by atoms with Gasteiger partial charge in [0.1, 0.15) is 11.1 Å². The predicted molar refractivity (Wildman–Crippen MR) is 92.9 cm³/mol.